The number of alkyl halides is 1. The van der Waals surface area contributed by atoms with Crippen LogP contribution in [0.2, 0.25) is 9.36 Å². The maximum absolute atomic E-state index is 6.26. The van der Waals surface area contributed by atoms with E-state index in [-0.39, 0.29) is 4.83 Å². The van der Waals surface area contributed by atoms with Crippen molar-refractivity contribution in [2.75, 3.05) is 0 Å². The summed E-state index contributed by atoms with van der Waals surface area (Å²) in [5.41, 5.74) is 3.35. The molecule has 0 fully saturated rings. The molecule has 1 aromatic carbocycles. The van der Waals surface area contributed by atoms with Gasteiger partial charge in [0.15, 0.2) is 0 Å². The van der Waals surface area contributed by atoms with Crippen LogP contribution in [0.4, 0.5) is 0 Å². The molecule has 0 bridgehead atoms. The third-order valence-corrected chi connectivity index (χ3v) is 5.79. The standard InChI is InChI=1S/C13H11BrCl2S/c1-7-3-4-9(10(15)5-7)12(14)11-6-8(2)13(16)17-11/h3-6,12H,1-2H3. The molecule has 0 aliphatic heterocycles. The van der Waals surface area contributed by atoms with Crippen LogP contribution in [0.1, 0.15) is 26.4 Å². The molecular weight excluding hydrogens is 339 g/mol. The SMILES string of the molecule is Cc1ccc(C(Br)c2cc(C)c(Cl)s2)c(Cl)c1. The zero-order valence-corrected chi connectivity index (χ0v) is 13.3. The average Bonchev–Trinajstić information content (AvgIpc) is 2.58. The minimum absolute atomic E-state index is 0.104. The second-order valence-corrected chi connectivity index (χ2v) is 7.00. The van der Waals surface area contributed by atoms with E-state index in [1.807, 2.05) is 19.9 Å². The van der Waals surface area contributed by atoms with Crippen LogP contribution in [0.15, 0.2) is 24.3 Å². The molecule has 0 saturated heterocycles. The van der Waals surface area contributed by atoms with Crippen molar-refractivity contribution in [3.8, 4) is 0 Å². The zero-order chi connectivity index (χ0) is 12.6. The van der Waals surface area contributed by atoms with Gasteiger partial charge in [-0.1, -0.05) is 51.3 Å². The van der Waals surface area contributed by atoms with Gasteiger partial charge in [-0.3, -0.25) is 0 Å². The number of thiophene rings is 1. The summed E-state index contributed by atoms with van der Waals surface area (Å²) in [6.07, 6.45) is 0. The highest BCUT2D eigenvalue weighted by Crippen LogP contribution is 2.41. The van der Waals surface area contributed by atoms with E-state index in [1.54, 1.807) is 11.3 Å². The molecule has 0 amide bonds. The lowest BCUT2D eigenvalue weighted by Gasteiger charge is -2.10. The first-order valence-electron chi connectivity index (χ1n) is 5.15. The van der Waals surface area contributed by atoms with E-state index < -0.39 is 0 Å². The van der Waals surface area contributed by atoms with Gasteiger partial charge in [0, 0.05) is 9.90 Å². The first-order chi connectivity index (χ1) is 7.99. The molecule has 1 atom stereocenters. The lowest BCUT2D eigenvalue weighted by molar-refractivity contribution is 1.21. The molecule has 2 aromatic rings. The molecule has 1 unspecified atom stereocenters. The van der Waals surface area contributed by atoms with Crippen LogP contribution in [0.5, 0.6) is 0 Å². The van der Waals surface area contributed by atoms with Crippen molar-refractivity contribution in [1.29, 1.82) is 0 Å². The fourth-order valence-corrected chi connectivity index (χ4v) is 4.10. The Morgan fingerprint density at radius 3 is 2.41 bits per heavy atom. The van der Waals surface area contributed by atoms with Crippen LogP contribution < -0.4 is 0 Å². The molecular formula is C13H11BrCl2S. The van der Waals surface area contributed by atoms with E-state index >= 15 is 0 Å². The number of hydrogen-bond acceptors (Lipinski definition) is 1. The summed E-state index contributed by atoms with van der Waals surface area (Å²) in [4.78, 5) is 1.28. The highest BCUT2D eigenvalue weighted by molar-refractivity contribution is 9.09. The van der Waals surface area contributed by atoms with E-state index in [1.165, 1.54) is 10.4 Å². The van der Waals surface area contributed by atoms with E-state index in [0.29, 0.717) is 0 Å². The molecule has 4 heteroatoms. The Morgan fingerprint density at radius 2 is 1.88 bits per heavy atom. The van der Waals surface area contributed by atoms with Crippen molar-refractivity contribution in [3.05, 3.63) is 55.2 Å². The van der Waals surface area contributed by atoms with Crippen molar-refractivity contribution >= 4 is 50.5 Å². The van der Waals surface area contributed by atoms with Crippen LogP contribution in [-0.2, 0) is 0 Å². The van der Waals surface area contributed by atoms with E-state index in [9.17, 15) is 0 Å². The molecule has 0 saturated carbocycles. The van der Waals surface area contributed by atoms with Crippen LogP contribution in [0.3, 0.4) is 0 Å². The zero-order valence-electron chi connectivity index (χ0n) is 9.43. The Hall–Kier alpha value is -0.0200. The Bertz CT molecular complexity index is 529. The average molecular weight is 350 g/mol. The molecule has 1 heterocycles. The van der Waals surface area contributed by atoms with Crippen LogP contribution in [-0.4, -0.2) is 0 Å². The third kappa shape index (κ3) is 2.87. The van der Waals surface area contributed by atoms with Crippen molar-refractivity contribution in [3.63, 3.8) is 0 Å². The topological polar surface area (TPSA) is 0 Å². The number of halogens is 3. The van der Waals surface area contributed by atoms with Gasteiger partial charge in [-0.05, 0) is 42.7 Å². The maximum Gasteiger partial charge on any atom is 0.0960 e. The van der Waals surface area contributed by atoms with Gasteiger partial charge in [0.1, 0.15) is 0 Å². The molecule has 0 aliphatic rings. The van der Waals surface area contributed by atoms with E-state index in [0.717, 1.165) is 20.5 Å². The van der Waals surface area contributed by atoms with Gasteiger partial charge >= 0.3 is 0 Å². The summed E-state index contributed by atoms with van der Waals surface area (Å²) in [6.45, 7) is 4.05. The predicted molar refractivity (Wildman–Crippen MR) is 81.0 cm³/mol. The van der Waals surface area contributed by atoms with Crippen LogP contribution >= 0.6 is 50.5 Å². The summed E-state index contributed by atoms with van der Waals surface area (Å²) in [6, 6.07) is 8.20. The molecule has 0 aliphatic carbocycles. The first-order valence-corrected chi connectivity index (χ1v) is 7.64. The molecule has 90 valence electrons. The predicted octanol–water partition coefficient (Wildman–Crippen LogP) is 6.16. The van der Waals surface area contributed by atoms with Gasteiger partial charge in [-0.2, -0.15) is 0 Å². The largest absolute Gasteiger partial charge is 0.127 e. The maximum atomic E-state index is 6.26. The minimum atomic E-state index is 0.104. The Labute approximate surface area is 124 Å². The Balaban J connectivity index is 2.39. The summed E-state index contributed by atoms with van der Waals surface area (Å²) in [5, 5.41) is 0.786. The van der Waals surface area contributed by atoms with Crippen molar-refractivity contribution in [2.24, 2.45) is 0 Å². The second kappa shape index (κ2) is 5.31. The molecule has 2 rings (SSSR count). The van der Waals surface area contributed by atoms with Gasteiger partial charge < -0.3 is 0 Å². The van der Waals surface area contributed by atoms with E-state index in [4.69, 9.17) is 23.2 Å². The van der Waals surface area contributed by atoms with Crippen molar-refractivity contribution in [1.82, 2.24) is 0 Å². The molecule has 0 N–H and O–H groups in total. The fraction of sp³-hybridized carbons (Fsp3) is 0.231. The van der Waals surface area contributed by atoms with Gasteiger partial charge in [-0.15, -0.1) is 11.3 Å². The summed E-state index contributed by atoms with van der Waals surface area (Å²) < 4.78 is 0.840. The van der Waals surface area contributed by atoms with Crippen LogP contribution in [0, 0.1) is 13.8 Å². The highest BCUT2D eigenvalue weighted by atomic mass is 79.9. The van der Waals surface area contributed by atoms with Gasteiger partial charge in [0.2, 0.25) is 0 Å². The monoisotopic (exact) mass is 348 g/mol. The van der Waals surface area contributed by atoms with Gasteiger partial charge in [-0.25, -0.2) is 0 Å². The quantitative estimate of drug-likeness (QED) is 0.570. The normalized spacial score (nSPS) is 12.8. The Morgan fingerprint density at radius 1 is 1.18 bits per heavy atom. The van der Waals surface area contributed by atoms with Crippen molar-refractivity contribution < 1.29 is 0 Å². The summed E-state index contributed by atoms with van der Waals surface area (Å²) in [7, 11) is 0. The highest BCUT2D eigenvalue weighted by Gasteiger charge is 2.17. The lowest BCUT2D eigenvalue weighted by atomic mass is 10.1. The number of rotatable bonds is 2. The molecule has 17 heavy (non-hydrogen) atoms. The second-order valence-electron chi connectivity index (χ2n) is 3.99. The van der Waals surface area contributed by atoms with Gasteiger partial charge in [0.05, 0.1) is 9.16 Å². The smallest absolute Gasteiger partial charge is 0.0960 e. The van der Waals surface area contributed by atoms with Crippen molar-refractivity contribution in [2.45, 2.75) is 18.7 Å². The van der Waals surface area contributed by atoms with E-state index in [2.05, 4.69) is 34.1 Å². The summed E-state index contributed by atoms with van der Waals surface area (Å²) in [5.74, 6) is 0. The minimum Gasteiger partial charge on any atom is -0.127 e. The molecule has 0 spiro atoms. The molecule has 0 nitrogen and oxygen atoms in total. The summed E-state index contributed by atoms with van der Waals surface area (Å²) >= 11 is 17.6. The number of benzene rings is 1. The third-order valence-electron chi connectivity index (χ3n) is 2.56. The molecule has 1 aromatic heterocycles. The first kappa shape index (κ1) is 13.4. The van der Waals surface area contributed by atoms with Gasteiger partial charge in [0.25, 0.3) is 0 Å². The molecule has 0 radical (unpaired) electrons. The van der Waals surface area contributed by atoms with Crippen LogP contribution in [0.25, 0.3) is 0 Å². The fourth-order valence-electron chi connectivity index (χ4n) is 1.60. The lowest BCUT2D eigenvalue weighted by Crippen LogP contribution is -1.91. The Kier molecular flexibility index (Phi) is 4.19. The number of aryl methyl sites for hydroxylation is 2. The number of hydrogen-bond donors (Lipinski definition) is 0.